The van der Waals surface area contributed by atoms with E-state index in [2.05, 4.69) is 19.2 Å². The molecule has 1 N–H and O–H groups in total. The molecule has 0 aromatic carbocycles. The first-order valence-electron chi connectivity index (χ1n) is 7.16. The van der Waals surface area contributed by atoms with Crippen molar-refractivity contribution in [3.05, 3.63) is 0 Å². The zero-order chi connectivity index (χ0) is 12.1. The van der Waals surface area contributed by atoms with Crippen molar-refractivity contribution in [1.82, 2.24) is 5.32 Å². The Hall–Kier alpha value is -0.120. The molecule has 2 aliphatic heterocycles. The van der Waals surface area contributed by atoms with Crippen LogP contribution in [0, 0.1) is 0 Å². The Kier molecular flexibility index (Phi) is 4.83. The van der Waals surface area contributed by atoms with E-state index in [9.17, 15) is 0 Å². The molecule has 0 spiro atoms. The smallest absolute Gasteiger partial charge is 0.0707 e. The summed E-state index contributed by atoms with van der Waals surface area (Å²) >= 11 is 0. The van der Waals surface area contributed by atoms with E-state index in [-0.39, 0.29) is 5.60 Å². The van der Waals surface area contributed by atoms with Crippen LogP contribution in [0.1, 0.15) is 52.4 Å². The van der Waals surface area contributed by atoms with Gasteiger partial charge in [0, 0.05) is 13.2 Å². The van der Waals surface area contributed by atoms with Crippen LogP contribution in [0.5, 0.6) is 0 Å². The molecule has 2 atom stereocenters. The Morgan fingerprint density at radius 2 is 2.06 bits per heavy atom. The SMILES string of the molecule is CC1(C)CCC(CNCCC2CCCCO2)O1. The Labute approximate surface area is 105 Å². The first-order chi connectivity index (χ1) is 8.16. The Bertz CT molecular complexity index is 224. The fraction of sp³-hybridized carbons (Fsp3) is 1.00. The number of hydrogen-bond donors (Lipinski definition) is 1. The van der Waals surface area contributed by atoms with E-state index in [1.54, 1.807) is 0 Å². The summed E-state index contributed by atoms with van der Waals surface area (Å²) in [5, 5.41) is 3.51. The lowest BCUT2D eigenvalue weighted by atomic mass is 10.1. The standard InChI is InChI=1S/C14H27NO2/c1-14(2)8-6-13(17-14)11-15-9-7-12-5-3-4-10-16-12/h12-13,15H,3-11H2,1-2H3. The van der Waals surface area contributed by atoms with E-state index in [1.807, 2.05) is 0 Å². The van der Waals surface area contributed by atoms with Gasteiger partial charge in [0.05, 0.1) is 17.8 Å². The van der Waals surface area contributed by atoms with Crippen molar-refractivity contribution >= 4 is 0 Å². The minimum atomic E-state index is 0.0961. The lowest BCUT2D eigenvalue weighted by Gasteiger charge is -2.23. The van der Waals surface area contributed by atoms with Gasteiger partial charge in [-0.2, -0.15) is 0 Å². The molecule has 3 heteroatoms. The molecule has 0 amide bonds. The molecular weight excluding hydrogens is 214 g/mol. The van der Waals surface area contributed by atoms with Gasteiger partial charge < -0.3 is 14.8 Å². The summed E-state index contributed by atoms with van der Waals surface area (Å²) in [6.45, 7) is 7.39. The van der Waals surface area contributed by atoms with Crippen LogP contribution >= 0.6 is 0 Å². The fourth-order valence-electron chi connectivity index (χ4n) is 2.78. The second-order valence-corrected chi connectivity index (χ2v) is 6.02. The third-order valence-corrected chi connectivity index (χ3v) is 3.84. The lowest BCUT2D eigenvalue weighted by molar-refractivity contribution is -0.0157. The number of nitrogens with one attached hydrogen (secondary N) is 1. The summed E-state index contributed by atoms with van der Waals surface area (Å²) in [7, 11) is 0. The molecule has 2 unspecified atom stereocenters. The van der Waals surface area contributed by atoms with Crippen LogP contribution in [0.4, 0.5) is 0 Å². The maximum atomic E-state index is 5.95. The van der Waals surface area contributed by atoms with Crippen molar-refractivity contribution in [2.75, 3.05) is 19.7 Å². The number of rotatable bonds is 5. The van der Waals surface area contributed by atoms with Gasteiger partial charge in [-0.1, -0.05) is 0 Å². The van der Waals surface area contributed by atoms with Gasteiger partial charge in [0.2, 0.25) is 0 Å². The first kappa shape index (κ1) is 13.3. The number of hydrogen-bond acceptors (Lipinski definition) is 3. The van der Waals surface area contributed by atoms with E-state index < -0.39 is 0 Å². The first-order valence-corrected chi connectivity index (χ1v) is 7.16. The van der Waals surface area contributed by atoms with Crippen LogP contribution in [0.25, 0.3) is 0 Å². The third-order valence-electron chi connectivity index (χ3n) is 3.84. The largest absolute Gasteiger partial charge is 0.378 e. The van der Waals surface area contributed by atoms with Crippen LogP contribution in [0.3, 0.4) is 0 Å². The summed E-state index contributed by atoms with van der Waals surface area (Å²) in [6, 6.07) is 0. The van der Waals surface area contributed by atoms with Crippen LogP contribution < -0.4 is 5.32 Å². The molecule has 2 saturated heterocycles. The molecule has 0 saturated carbocycles. The van der Waals surface area contributed by atoms with Gasteiger partial charge in [-0.25, -0.2) is 0 Å². The number of ether oxygens (including phenoxy) is 2. The second-order valence-electron chi connectivity index (χ2n) is 6.02. The molecule has 2 fully saturated rings. The zero-order valence-electron chi connectivity index (χ0n) is 11.3. The lowest BCUT2D eigenvalue weighted by Crippen LogP contribution is -2.32. The van der Waals surface area contributed by atoms with Gasteiger partial charge in [-0.3, -0.25) is 0 Å². The van der Waals surface area contributed by atoms with Crippen molar-refractivity contribution in [1.29, 1.82) is 0 Å². The highest BCUT2D eigenvalue weighted by molar-refractivity contribution is 4.81. The van der Waals surface area contributed by atoms with Crippen LogP contribution in [-0.4, -0.2) is 37.5 Å². The summed E-state index contributed by atoms with van der Waals surface area (Å²) in [5.74, 6) is 0. The van der Waals surface area contributed by atoms with Crippen LogP contribution in [0.15, 0.2) is 0 Å². The average molecular weight is 241 g/mol. The highest BCUT2D eigenvalue weighted by Crippen LogP contribution is 2.28. The Balaban J connectivity index is 1.51. The van der Waals surface area contributed by atoms with Crippen molar-refractivity contribution in [2.24, 2.45) is 0 Å². The molecule has 3 nitrogen and oxygen atoms in total. The molecule has 0 bridgehead atoms. The summed E-state index contributed by atoms with van der Waals surface area (Å²) in [5.41, 5.74) is 0.0961. The van der Waals surface area contributed by atoms with Gasteiger partial charge in [-0.05, 0) is 58.9 Å². The molecule has 0 aromatic heterocycles. The topological polar surface area (TPSA) is 30.5 Å². The summed E-state index contributed by atoms with van der Waals surface area (Å²) < 4.78 is 11.7. The van der Waals surface area contributed by atoms with E-state index in [0.717, 1.165) is 26.1 Å². The zero-order valence-corrected chi connectivity index (χ0v) is 11.3. The molecule has 0 aromatic rings. The van der Waals surface area contributed by atoms with Crippen molar-refractivity contribution in [3.63, 3.8) is 0 Å². The molecular formula is C14H27NO2. The predicted molar refractivity (Wildman–Crippen MR) is 69.3 cm³/mol. The van der Waals surface area contributed by atoms with E-state index in [0.29, 0.717) is 12.2 Å². The Morgan fingerprint density at radius 3 is 2.71 bits per heavy atom. The summed E-state index contributed by atoms with van der Waals surface area (Å²) in [4.78, 5) is 0. The quantitative estimate of drug-likeness (QED) is 0.750. The van der Waals surface area contributed by atoms with Crippen LogP contribution in [-0.2, 0) is 9.47 Å². The highest BCUT2D eigenvalue weighted by Gasteiger charge is 2.31. The normalized spacial score (nSPS) is 32.8. The van der Waals surface area contributed by atoms with E-state index in [1.165, 1.54) is 32.1 Å². The van der Waals surface area contributed by atoms with Crippen LogP contribution in [0.2, 0.25) is 0 Å². The minimum absolute atomic E-state index is 0.0961. The second kappa shape index (κ2) is 6.17. The predicted octanol–water partition coefficient (Wildman–Crippen LogP) is 2.49. The molecule has 0 radical (unpaired) electrons. The molecule has 100 valence electrons. The molecule has 0 aliphatic carbocycles. The maximum Gasteiger partial charge on any atom is 0.0707 e. The molecule has 17 heavy (non-hydrogen) atoms. The van der Waals surface area contributed by atoms with Gasteiger partial charge in [0.25, 0.3) is 0 Å². The summed E-state index contributed by atoms with van der Waals surface area (Å²) in [6.07, 6.45) is 8.27. The van der Waals surface area contributed by atoms with Crippen molar-refractivity contribution in [2.45, 2.75) is 70.2 Å². The van der Waals surface area contributed by atoms with Gasteiger partial charge >= 0.3 is 0 Å². The van der Waals surface area contributed by atoms with Gasteiger partial charge in [-0.15, -0.1) is 0 Å². The third kappa shape index (κ3) is 4.57. The van der Waals surface area contributed by atoms with E-state index >= 15 is 0 Å². The molecule has 2 rings (SSSR count). The van der Waals surface area contributed by atoms with E-state index in [4.69, 9.17) is 9.47 Å². The van der Waals surface area contributed by atoms with Gasteiger partial charge in [0.1, 0.15) is 0 Å². The highest BCUT2D eigenvalue weighted by atomic mass is 16.5. The molecule has 2 heterocycles. The fourth-order valence-corrected chi connectivity index (χ4v) is 2.78. The van der Waals surface area contributed by atoms with Gasteiger partial charge in [0.15, 0.2) is 0 Å². The Morgan fingerprint density at radius 1 is 1.18 bits per heavy atom. The molecule has 2 aliphatic rings. The monoisotopic (exact) mass is 241 g/mol. The minimum Gasteiger partial charge on any atom is -0.378 e. The van der Waals surface area contributed by atoms with Crippen molar-refractivity contribution < 1.29 is 9.47 Å². The average Bonchev–Trinajstić information content (AvgIpc) is 2.66. The van der Waals surface area contributed by atoms with Crippen molar-refractivity contribution in [3.8, 4) is 0 Å². The maximum absolute atomic E-state index is 5.95.